The van der Waals surface area contributed by atoms with Crippen LogP contribution in [-0.4, -0.2) is 10.1 Å². The summed E-state index contributed by atoms with van der Waals surface area (Å²) in [5.41, 5.74) is -0.877. The molecule has 76 valence electrons. The third-order valence-electron chi connectivity index (χ3n) is 1.94. The molecule has 15 heavy (non-hydrogen) atoms. The van der Waals surface area contributed by atoms with Gasteiger partial charge in [0.15, 0.2) is 5.56 Å². The molecule has 0 atom stereocenters. The van der Waals surface area contributed by atoms with Crippen molar-refractivity contribution in [2.24, 2.45) is 0 Å². The number of H-pyrrole nitrogens is 1. The van der Waals surface area contributed by atoms with Gasteiger partial charge in [-0.2, -0.15) is 5.26 Å². The van der Waals surface area contributed by atoms with Crippen LogP contribution in [0, 0.1) is 11.3 Å². The van der Waals surface area contributed by atoms with Gasteiger partial charge in [0, 0.05) is 5.22 Å². The SMILES string of the molecule is C=C/C=c1/[nH]c(=O)c(C#N)c(O)/c1=C/C. The van der Waals surface area contributed by atoms with Crippen molar-refractivity contribution >= 4 is 12.2 Å². The molecule has 0 spiro atoms. The molecule has 1 heterocycles. The first kappa shape index (κ1) is 10.8. The fraction of sp³-hybridized carbons (Fsp3) is 0.0909. The first-order chi connectivity index (χ1) is 7.15. The Labute approximate surface area is 86.1 Å². The van der Waals surface area contributed by atoms with Crippen LogP contribution in [0.1, 0.15) is 12.5 Å². The monoisotopic (exact) mass is 202 g/mol. The van der Waals surface area contributed by atoms with Crippen LogP contribution in [0.4, 0.5) is 0 Å². The second-order valence-electron chi connectivity index (χ2n) is 2.81. The lowest BCUT2D eigenvalue weighted by molar-refractivity contribution is 0.466. The predicted octanol–water partition coefficient (Wildman–Crippen LogP) is -0.281. The molecular formula is C11H10N2O2. The second kappa shape index (κ2) is 4.29. The minimum Gasteiger partial charge on any atom is -0.506 e. The van der Waals surface area contributed by atoms with Crippen LogP contribution in [0.5, 0.6) is 5.75 Å². The molecule has 4 nitrogen and oxygen atoms in total. The zero-order valence-electron chi connectivity index (χ0n) is 8.24. The molecule has 0 radical (unpaired) electrons. The van der Waals surface area contributed by atoms with E-state index in [1.165, 1.54) is 6.08 Å². The summed E-state index contributed by atoms with van der Waals surface area (Å²) in [4.78, 5) is 13.8. The summed E-state index contributed by atoms with van der Waals surface area (Å²) >= 11 is 0. The highest BCUT2D eigenvalue weighted by atomic mass is 16.3. The lowest BCUT2D eigenvalue weighted by Gasteiger charge is -1.97. The average Bonchev–Trinajstić information content (AvgIpc) is 2.19. The van der Waals surface area contributed by atoms with Gasteiger partial charge in [-0.25, -0.2) is 0 Å². The molecule has 0 fully saturated rings. The smallest absolute Gasteiger partial charge is 0.270 e. The van der Waals surface area contributed by atoms with Crippen molar-refractivity contribution in [2.45, 2.75) is 6.92 Å². The Morgan fingerprint density at radius 1 is 1.60 bits per heavy atom. The van der Waals surface area contributed by atoms with Crippen molar-refractivity contribution in [3.8, 4) is 11.8 Å². The molecule has 1 rings (SSSR count). The molecule has 0 amide bonds. The van der Waals surface area contributed by atoms with E-state index in [2.05, 4.69) is 11.6 Å². The van der Waals surface area contributed by atoms with Crippen molar-refractivity contribution < 1.29 is 5.11 Å². The van der Waals surface area contributed by atoms with Gasteiger partial charge in [0.05, 0.1) is 5.35 Å². The van der Waals surface area contributed by atoms with Gasteiger partial charge in [-0.3, -0.25) is 4.79 Å². The number of aromatic amines is 1. The maximum atomic E-state index is 11.3. The number of nitrogens with one attached hydrogen (secondary N) is 1. The number of nitriles is 1. The Bertz CT molecular complexity index is 603. The van der Waals surface area contributed by atoms with E-state index < -0.39 is 5.56 Å². The normalized spacial score (nSPS) is 12.5. The molecule has 0 unspecified atom stereocenters. The average molecular weight is 202 g/mol. The molecule has 4 heteroatoms. The van der Waals surface area contributed by atoms with Crippen molar-refractivity contribution in [1.82, 2.24) is 4.98 Å². The first-order valence-corrected chi connectivity index (χ1v) is 4.30. The van der Waals surface area contributed by atoms with E-state index in [1.807, 2.05) is 0 Å². The highest BCUT2D eigenvalue weighted by Crippen LogP contribution is 2.00. The summed E-state index contributed by atoms with van der Waals surface area (Å²) in [5.74, 6) is -0.295. The van der Waals surface area contributed by atoms with Gasteiger partial charge in [0.2, 0.25) is 0 Å². The predicted molar refractivity (Wildman–Crippen MR) is 57.5 cm³/mol. The van der Waals surface area contributed by atoms with Gasteiger partial charge in [0.1, 0.15) is 11.8 Å². The summed E-state index contributed by atoms with van der Waals surface area (Å²) in [6.45, 7) is 5.20. The number of pyridine rings is 1. The molecule has 0 aliphatic rings. The number of rotatable bonds is 1. The standard InChI is InChI=1S/C11H10N2O2/c1-3-5-9-7(4-2)10(14)8(6-12)11(15)13-9/h3-5,14H,1H2,2H3,(H,13,15)/b7-4+,9-5+. The topological polar surface area (TPSA) is 76.9 Å². The number of nitrogens with zero attached hydrogens (tertiary/aromatic N) is 1. The Morgan fingerprint density at radius 3 is 2.73 bits per heavy atom. The second-order valence-corrected chi connectivity index (χ2v) is 2.81. The van der Waals surface area contributed by atoms with E-state index in [0.717, 1.165) is 0 Å². The van der Waals surface area contributed by atoms with Crippen LogP contribution in [0.25, 0.3) is 12.2 Å². The van der Waals surface area contributed by atoms with Gasteiger partial charge in [-0.15, -0.1) is 0 Å². The van der Waals surface area contributed by atoms with E-state index in [1.54, 1.807) is 25.1 Å². The molecule has 0 saturated carbocycles. The zero-order chi connectivity index (χ0) is 11.4. The number of hydrogen-bond acceptors (Lipinski definition) is 3. The molecule has 0 aliphatic carbocycles. The molecule has 0 aromatic carbocycles. The van der Waals surface area contributed by atoms with Gasteiger partial charge in [0.25, 0.3) is 5.56 Å². The number of aromatic nitrogens is 1. The van der Waals surface area contributed by atoms with E-state index >= 15 is 0 Å². The molecular weight excluding hydrogens is 192 g/mol. The highest BCUT2D eigenvalue weighted by molar-refractivity contribution is 5.46. The maximum Gasteiger partial charge on any atom is 0.270 e. The quantitative estimate of drug-likeness (QED) is 0.657. The fourth-order valence-electron chi connectivity index (χ4n) is 1.27. The van der Waals surface area contributed by atoms with Crippen LogP contribution in [-0.2, 0) is 0 Å². The van der Waals surface area contributed by atoms with Crippen LogP contribution < -0.4 is 16.1 Å². The van der Waals surface area contributed by atoms with E-state index in [9.17, 15) is 9.90 Å². The van der Waals surface area contributed by atoms with E-state index in [-0.39, 0.29) is 11.3 Å². The third kappa shape index (κ3) is 1.81. The Kier molecular flexibility index (Phi) is 3.09. The van der Waals surface area contributed by atoms with Gasteiger partial charge < -0.3 is 10.1 Å². The molecule has 0 saturated heterocycles. The number of allylic oxidation sites excluding steroid dienone is 1. The molecule has 1 aromatic heterocycles. The summed E-state index contributed by atoms with van der Waals surface area (Å²) in [6, 6.07) is 1.65. The molecule has 1 aromatic rings. The minimum atomic E-state index is -0.603. The largest absolute Gasteiger partial charge is 0.506 e. The summed E-state index contributed by atoms with van der Waals surface area (Å²) in [5, 5.41) is 19.2. The molecule has 0 aliphatic heterocycles. The lowest BCUT2D eigenvalue weighted by atomic mass is 10.2. The van der Waals surface area contributed by atoms with Crippen LogP contribution in [0.3, 0.4) is 0 Å². The van der Waals surface area contributed by atoms with Crippen LogP contribution in [0.2, 0.25) is 0 Å². The van der Waals surface area contributed by atoms with Crippen molar-refractivity contribution in [3.63, 3.8) is 0 Å². The van der Waals surface area contributed by atoms with Gasteiger partial charge in [-0.05, 0) is 13.0 Å². The summed E-state index contributed by atoms with van der Waals surface area (Å²) in [7, 11) is 0. The van der Waals surface area contributed by atoms with Crippen LogP contribution in [0.15, 0.2) is 17.4 Å². The minimum absolute atomic E-state index is 0.274. The fourth-order valence-corrected chi connectivity index (χ4v) is 1.27. The highest BCUT2D eigenvalue weighted by Gasteiger charge is 2.07. The van der Waals surface area contributed by atoms with Crippen LogP contribution >= 0.6 is 0 Å². The zero-order valence-corrected chi connectivity index (χ0v) is 8.24. The lowest BCUT2D eigenvalue weighted by Crippen LogP contribution is -2.35. The van der Waals surface area contributed by atoms with E-state index in [0.29, 0.717) is 10.6 Å². The molecule has 2 N–H and O–H groups in total. The maximum absolute atomic E-state index is 11.3. The third-order valence-corrected chi connectivity index (χ3v) is 1.94. The van der Waals surface area contributed by atoms with Crippen molar-refractivity contribution in [1.29, 1.82) is 5.26 Å². The van der Waals surface area contributed by atoms with Gasteiger partial charge >= 0.3 is 0 Å². The molecule has 0 bridgehead atoms. The summed E-state index contributed by atoms with van der Waals surface area (Å²) < 4.78 is 0. The Balaban J connectivity index is 3.96. The Hall–Kier alpha value is -2.28. The number of aromatic hydroxyl groups is 1. The van der Waals surface area contributed by atoms with Crippen molar-refractivity contribution in [3.05, 3.63) is 39.1 Å². The first-order valence-electron chi connectivity index (χ1n) is 4.30. The number of hydrogen-bond donors (Lipinski definition) is 2. The van der Waals surface area contributed by atoms with Crippen molar-refractivity contribution in [2.75, 3.05) is 0 Å². The van der Waals surface area contributed by atoms with E-state index in [4.69, 9.17) is 5.26 Å². The Morgan fingerprint density at radius 2 is 2.27 bits per heavy atom. The van der Waals surface area contributed by atoms with Gasteiger partial charge in [-0.1, -0.05) is 18.7 Å². The summed E-state index contributed by atoms with van der Waals surface area (Å²) in [6.07, 6.45) is 4.66.